The van der Waals surface area contributed by atoms with E-state index >= 15 is 0 Å². The van der Waals surface area contributed by atoms with Crippen LogP contribution in [0.3, 0.4) is 0 Å². The van der Waals surface area contributed by atoms with E-state index in [1.165, 1.54) is 11.9 Å². The number of anilines is 1. The van der Waals surface area contributed by atoms with Gasteiger partial charge in [0.2, 0.25) is 21.8 Å². The highest BCUT2D eigenvalue weighted by Gasteiger charge is 2.30. The van der Waals surface area contributed by atoms with Gasteiger partial charge in [-0.3, -0.25) is 13.9 Å². The molecule has 0 unspecified atom stereocenters. The van der Waals surface area contributed by atoms with Crippen LogP contribution < -0.4 is 9.62 Å². The molecule has 0 saturated heterocycles. The maximum Gasteiger partial charge on any atom is 0.244 e. The van der Waals surface area contributed by atoms with Gasteiger partial charge in [-0.15, -0.1) is 0 Å². The summed E-state index contributed by atoms with van der Waals surface area (Å²) in [7, 11) is -2.22. The predicted octanol–water partition coefficient (Wildman–Crippen LogP) is 2.54. The quantitative estimate of drug-likeness (QED) is 0.677. The van der Waals surface area contributed by atoms with Crippen LogP contribution in [-0.4, -0.2) is 51.0 Å². The number of amides is 2. The third kappa shape index (κ3) is 6.07. The second-order valence-corrected chi connectivity index (χ2v) is 9.70. The number of rotatable bonds is 8. The molecular formula is C23H31N3O4S. The second kappa shape index (κ2) is 9.96. The average Bonchev–Trinajstić information content (AvgIpc) is 2.71. The first-order valence-electron chi connectivity index (χ1n) is 10.1. The van der Waals surface area contributed by atoms with Crippen molar-refractivity contribution in [3.8, 4) is 0 Å². The monoisotopic (exact) mass is 445 g/mol. The summed E-state index contributed by atoms with van der Waals surface area (Å²) in [6.07, 6.45) is 1.08. The summed E-state index contributed by atoms with van der Waals surface area (Å²) in [5.41, 5.74) is 3.97. The Morgan fingerprint density at radius 1 is 1.03 bits per heavy atom. The van der Waals surface area contributed by atoms with Gasteiger partial charge in [-0.2, -0.15) is 0 Å². The summed E-state index contributed by atoms with van der Waals surface area (Å²) in [4.78, 5) is 27.2. The van der Waals surface area contributed by atoms with Gasteiger partial charge in [0.15, 0.2) is 0 Å². The van der Waals surface area contributed by atoms with E-state index in [9.17, 15) is 18.0 Å². The van der Waals surface area contributed by atoms with E-state index in [-0.39, 0.29) is 12.5 Å². The number of aryl methyl sites for hydroxylation is 3. The number of likely N-dealkylation sites (N-methyl/N-ethyl adjacent to an activating group) is 1. The lowest BCUT2D eigenvalue weighted by atomic mass is 10.1. The average molecular weight is 446 g/mol. The van der Waals surface area contributed by atoms with Gasteiger partial charge in [0.25, 0.3) is 0 Å². The van der Waals surface area contributed by atoms with Crippen LogP contribution in [0, 0.1) is 20.8 Å². The first-order valence-corrected chi connectivity index (χ1v) is 11.9. The largest absolute Gasteiger partial charge is 0.357 e. The molecule has 7 nitrogen and oxygen atoms in total. The van der Waals surface area contributed by atoms with Gasteiger partial charge in [0.05, 0.1) is 11.9 Å². The van der Waals surface area contributed by atoms with Crippen LogP contribution in [0.2, 0.25) is 0 Å². The van der Waals surface area contributed by atoms with E-state index in [2.05, 4.69) is 5.32 Å². The van der Waals surface area contributed by atoms with Crippen molar-refractivity contribution in [3.63, 3.8) is 0 Å². The number of carbonyl (C=O) groups is 2. The van der Waals surface area contributed by atoms with Crippen molar-refractivity contribution in [2.24, 2.45) is 0 Å². The van der Waals surface area contributed by atoms with Crippen molar-refractivity contribution >= 4 is 27.5 Å². The maximum atomic E-state index is 13.4. The van der Waals surface area contributed by atoms with Crippen LogP contribution in [0.15, 0.2) is 42.5 Å². The Balaban J connectivity index is 2.45. The molecule has 0 aliphatic heterocycles. The Bertz CT molecular complexity index is 1070. The summed E-state index contributed by atoms with van der Waals surface area (Å²) >= 11 is 0. The zero-order valence-corrected chi connectivity index (χ0v) is 19.8. The molecule has 2 rings (SSSR count). The van der Waals surface area contributed by atoms with Gasteiger partial charge in [-0.25, -0.2) is 8.42 Å². The second-order valence-electron chi connectivity index (χ2n) is 7.80. The molecule has 168 valence electrons. The molecule has 0 spiro atoms. The van der Waals surface area contributed by atoms with Crippen LogP contribution in [0.25, 0.3) is 0 Å². The zero-order valence-electron chi connectivity index (χ0n) is 19.0. The summed E-state index contributed by atoms with van der Waals surface area (Å²) in [5, 5.41) is 2.57. The number of hydrogen-bond acceptors (Lipinski definition) is 4. The lowest BCUT2D eigenvalue weighted by Gasteiger charge is -2.32. The molecule has 1 N–H and O–H groups in total. The van der Waals surface area contributed by atoms with Gasteiger partial charge >= 0.3 is 0 Å². The van der Waals surface area contributed by atoms with Gasteiger partial charge in [-0.05, 0) is 56.0 Å². The highest BCUT2D eigenvalue weighted by molar-refractivity contribution is 7.92. The fraction of sp³-hybridized carbons (Fsp3) is 0.391. The highest BCUT2D eigenvalue weighted by Crippen LogP contribution is 2.24. The van der Waals surface area contributed by atoms with Crippen molar-refractivity contribution < 1.29 is 18.0 Å². The minimum absolute atomic E-state index is 0.199. The lowest BCUT2D eigenvalue weighted by Crippen LogP contribution is -2.50. The third-order valence-electron chi connectivity index (χ3n) is 5.33. The Hall–Kier alpha value is -2.87. The fourth-order valence-corrected chi connectivity index (χ4v) is 4.24. The molecule has 0 heterocycles. The van der Waals surface area contributed by atoms with Crippen molar-refractivity contribution in [1.82, 2.24) is 10.2 Å². The minimum atomic E-state index is -3.73. The van der Waals surface area contributed by atoms with Crippen molar-refractivity contribution in [2.75, 3.05) is 24.2 Å². The zero-order chi connectivity index (χ0) is 23.3. The first-order chi connectivity index (χ1) is 14.5. The van der Waals surface area contributed by atoms with Gasteiger partial charge in [-0.1, -0.05) is 36.4 Å². The van der Waals surface area contributed by atoms with Crippen LogP contribution in [0.5, 0.6) is 0 Å². The third-order valence-corrected chi connectivity index (χ3v) is 6.45. The predicted molar refractivity (Wildman–Crippen MR) is 123 cm³/mol. The SMILES string of the molecule is CNC(=O)[C@H](C)N(Cc1ccccc1C)C(=O)CN(c1cc(C)ccc1C)S(C)(=O)=O. The number of hydrogen-bond donors (Lipinski definition) is 1. The number of nitrogens with zero attached hydrogens (tertiary/aromatic N) is 2. The summed E-state index contributed by atoms with van der Waals surface area (Å²) < 4.78 is 26.3. The van der Waals surface area contributed by atoms with Crippen LogP contribution in [0.4, 0.5) is 5.69 Å². The van der Waals surface area contributed by atoms with E-state index in [1.54, 1.807) is 19.9 Å². The van der Waals surface area contributed by atoms with E-state index in [0.29, 0.717) is 5.69 Å². The van der Waals surface area contributed by atoms with Crippen molar-refractivity contribution in [1.29, 1.82) is 0 Å². The van der Waals surface area contributed by atoms with E-state index < -0.39 is 28.5 Å². The van der Waals surface area contributed by atoms with E-state index in [0.717, 1.165) is 32.8 Å². The number of benzene rings is 2. The molecule has 1 atom stereocenters. The van der Waals surface area contributed by atoms with Gasteiger partial charge < -0.3 is 10.2 Å². The summed E-state index contributed by atoms with van der Waals surface area (Å²) in [6, 6.07) is 12.3. The molecule has 0 aromatic heterocycles. The molecular weight excluding hydrogens is 414 g/mol. The Labute approximate surface area is 185 Å². The molecule has 0 bridgehead atoms. The molecule has 2 amide bonds. The van der Waals surface area contributed by atoms with Gasteiger partial charge in [0, 0.05) is 13.6 Å². The Morgan fingerprint density at radius 3 is 2.26 bits per heavy atom. The topological polar surface area (TPSA) is 86.8 Å². The summed E-state index contributed by atoms with van der Waals surface area (Å²) in [6.45, 7) is 7.04. The molecule has 0 saturated carbocycles. The Morgan fingerprint density at radius 2 is 1.68 bits per heavy atom. The first kappa shape index (κ1) is 24.4. The maximum absolute atomic E-state index is 13.4. The van der Waals surface area contributed by atoms with Crippen molar-refractivity contribution in [3.05, 3.63) is 64.7 Å². The van der Waals surface area contributed by atoms with Gasteiger partial charge in [0.1, 0.15) is 12.6 Å². The fourth-order valence-electron chi connectivity index (χ4n) is 3.35. The molecule has 2 aromatic carbocycles. The standard InChI is InChI=1S/C23H31N3O4S/c1-16-11-12-18(3)21(13-16)26(31(6,29)30)15-22(27)25(19(4)23(28)24-5)14-20-10-8-7-9-17(20)2/h7-13,19H,14-15H2,1-6H3,(H,24,28)/t19-/m0/s1. The number of sulfonamides is 1. The Kier molecular flexibility index (Phi) is 7.84. The number of carbonyl (C=O) groups excluding carboxylic acids is 2. The highest BCUT2D eigenvalue weighted by atomic mass is 32.2. The van der Waals surface area contributed by atoms with E-state index in [4.69, 9.17) is 0 Å². The van der Waals surface area contributed by atoms with Crippen LogP contribution in [0.1, 0.15) is 29.2 Å². The van der Waals surface area contributed by atoms with Crippen LogP contribution >= 0.6 is 0 Å². The lowest BCUT2D eigenvalue weighted by molar-refractivity contribution is -0.139. The normalized spacial score (nSPS) is 12.2. The summed E-state index contributed by atoms with van der Waals surface area (Å²) in [5.74, 6) is -0.773. The van der Waals surface area contributed by atoms with Crippen LogP contribution in [-0.2, 0) is 26.2 Å². The van der Waals surface area contributed by atoms with E-state index in [1.807, 2.05) is 50.2 Å². The number of nitrogens with one attached hydrogen (secondary N) is 1. The molecule has 0 aliphatic carbocycles. The molecule has 0 radical (unpaired) electrons. The molecule has 0 fully saturated rings. The molecule has 31 heavy (non-hydrogen) atoms. The molecule has 8 heteroatoms. The smallest absolute Gasteiger partial charge is 0.244 e. The van der Waals surface area contributed by atoms with Crippen molar-refractivity contribution in [2.45, 2.75) is 40.3 Å². The molecule has 2 aromatic rings. The molecule has 0 aliphatic rings. The minimum Gasteiger partial charge on any atom is -0.357 e.